The molecule has 0 aromatic carbocycles. The van der Waals surface area contributed by atoms with E-state index in [1.54, 1.807) is 0 Å². The van der Waals surface area contributed by atoms with Crippen LogP contribution in [0, 0.1) is 17.3 Å². The lowest BCUT2D eigenvalue weighted by atomic mass is 9.64. The first-order valence-corrected chi connectivity index (χ1v) is 9.82. The standard InChI is InChI=1S/C16H33O4P/c1-6-8-14(13-9-11-15(3,4)12-10-13)16(5,7-2)20-21(17,18)19/h13-14H,6-12H2,1-5H3,(H2,17,18,19). The molecule has 1 rings (SSSR count). The molecule has 0 heterocycles. The lowest BCUT2D eigenvalue weighted by molar-refractivity contribution is -0.0443. The first-order valence-electron chi connectivity index (χ1n) is 8.29. The minimum Gasteiger partial charge on any atom is -0.303 e. The van der Waals surface area contributed by atoms with Crippen molar-refractivity contribution in [1.82, 2.24) is 0 Å². The third-order valence-corrected chi connectivity index (χ3v) is 6.02. The van der Waals surface area contributed by atoms with Crippen LogP contribution in [0.1, 0.15) is 79.6 Å². The van der Waals surface area contributed by atoms with Gasteiger partial charge in [-0.15, -0.1) is 0 Å². The van der Waals surface area contributed by atoms with Crippen molar-refractivity contribution in [3.8, 4) is 0 Å². The molecule has 0 radical (unpaired) electrons. The van der Waals surface area contributed by atoms with E-state index in [4.69, 9.17) is 4.52 Å². The quantitative estimate of drug-likeness (QED) is 0.655. The summed E-state index contributed by atoms with van der Waals surface area (Å²) in [4.78, 5) is 18.5. The summed E-state index contributed by atoms with van der Waals surface area (Å²) in [7, 11) is -4.46. The average molecular weight is 320 g/mol. The molecule has 0 aromatic rings. The number of hydrogen-bond acceptors (Lipinski definition) is 2. The van der Waals surface area contributed by atoms with Crippen LogP contribution in [0.15, 0.2) is 0 Å². The topological polar surface area (TPSA) is 66.8 Å². The zero-order chi connectivity index (χ0) is 16.3. The van der Waals surface area contributed by atoms with Gasteiger partial charge in [-0.2, -0.15) is 0 Å². The molecule has 2 unspecified atom stereocenters. The van der Waals surface area contributed by atoms with Gasteiger partial charge in [-0.25, -0.2) is 4.57 Å². The Morgan fingerprint density at radius 1 is 1.29 bits per heavy atom. The number of rotatable bonds is 7. The lowest BCUT2D eigenvalue weighted by Crippen LogP contribution is -2.42. The van der Waals surface area contributed by atoms with Gasteiger partial charge >= 0.3 is 7.82 Å². The molecule has 4 nitrogen and oxygen atoms in total. The van der Waals surface area contributed by atoms with Gasteiger partial charge in [0.15, 0.2) is 0 Å². The monoisotopic (exact) mass is 320 g/mol. The summed E-state index contributed by atoms with van der Waals surface area (Å²) < 4.78 is 16.6. The molecule has 1 saturated carbocycles. The fourth-order valence-corrected chi connectivity index (χ4v) is 4.65. The van der Waals surface area contributed by atoms with Crippen LogP contribution in [-0.2, 0) is 9.09 Å². The van der Waals surface area contributed by atoms with Gasteiger partial charge in [-0.3, -0.25) is 4.52 Å². The van der Waals surface area contributed by atoms with Gasteiger partial charge in [0, 0.05) is 0 Å². The first kappa shape index (κ1) is 19.2. The molecule has 0 spiro atoms. The highest BCUT2D eigenvalue weighted by atomic mass is 31.2. The molecule has 0 aromatic heterocycles. The Balaban J connectivity index is 2.90. The molecule has 1 aliphatic carbocycles. The van der Waals surface area contributed by atoms with Crippen LogP contribution in [0.3, 0.4) is 0 Å². The minimum atomic E-state index is -4.46. The van der Waals surface area contributed by atoms with E-state index in [2.05, 4.69) is 20.8 Å². The van der Waals surface area contributed by atoms with E-state index in [1.165, 1.54) is 12.8 Å². The van der Waals surface area contributed by atoms with Crippen molar-refractivity contribution < 1.29 is 18.9 Å². The zero-order valence-electron chi connectivity index (χ0n) is 14.3. The number of phosphoric acid groups is 1. The minimum absolute atomic E-state index is 0.219. The summed E-state index contributed by atoms with van der Waals surface area (Å²) in [6.45, 7) is 10.6. The maximum atomic E-state index is 11.4. The normalized spacial score (nSPS) is 24.5. The van der Waals surface area contributed by atoms with Crippen molar-refractivity contribution in [2.45, 2.75) is 85.2 Å². The van der Waals surface area contributed by atoms with Crippen LogP contribution in [0.5, 0.6) is 0 Å². The molecule has 0 aliphatic heterocycles. The Morgan fingerprint density at radius 3 is 2.19 bits per heavy atom. The lowest BCUT2D eigenvalue weighted by Gasteiger charge is -2.45. The first-order chi connectivity index (χ1) is 9.53. The Hall–Kier alpha value is 0.110. The summed E-state index contributed by atoms with van der Waals surface area (Å²) in [6, 6.07) is 0. The molecule has 1 fully saturated rings. The highest BCUT2D eigenvalue weighted by molar-refractivity contribution is 7.46. The summed E-state index contributed by atoms with van der Waals surface area (Å²) >= 11 is 0. The summed E-state index contributed by atoms with van der Waals surface area (Å²) in [5, 5.41) is 0. The van der Waals surface area contributed by atoms with Crippen molar-refractivity contribution in [2.24, 2.45) is 17.3 Å². The smallest absolute Gasteiger partial charge is 0.303 e. The van der Waals surface area contributed by atoms with E-state index in [0.717, 1.165) is 25.7 Å². The van der Waals surface area contributed by atoms with Gasteiger partial charge in [0.25, 0.3) is 0 Å². The van der Waals surface area contributed by atoms with Gasteiger partial charge in [-0.05, 0) is 62.7 Å². The second-order valence-electron chi connectivity index (χ2n) is 7.64. The molecule has 2 N–H and O–H groups in total. The fourth-order valence-electron chi connectivity index (χ4n) is 3.84. The van der Waals surface area contributed by atoms with Gasteiger partial charge < -0.3 is 9.79 Å². The molecule has 5 heteroatoms. The van der Waals surface area contributed by atoms with Crippen LogP contribution in [0.2, 0.25) is 0 Å². The molecular formula is C16H33O4P. The maximum absolute atomic E-state index is 11.4. The van der Waals surface area contributed by atoms with Gasteiger partial charge in [0.05, 0.1) is 5.60 Å². The van der Waals surface area contributed by atoms with Crippen molar-refractivity contribution in [3.05, 3.63) is 0 Å². The van der Waals surface area contributed by atoms with Crippen molar-refractivity contribution >= 4 is 7.82 Å². The van der Waals surface area contributed by atoms with E-state index >= 15 is 0 Å². The molecule has 1 aliphatic rings. The predicted molar refractivity (Wildman–Crippen MR) is 86.0 cm³/mol. The third kappa shape index (κ3) is 5.67. The maximum Gasteiger partial charge on any atom is 0.470 e. The number of phosphoric ester groups is 1. The second-order valence-corrected chi connectivity index (χ2v) is 8.81. The second kappa shape index (κ2) is 7.12. The molecule has 0 saturated heterocycles. The Bertz CT molecular complexity index is 366. The van der Waals surface area contributed by atoms with E-state index in [9.17, 15) is 14.4 Å². The van der Waals surface area contributed by atoms with Gasteiger partial charge in [0.1, 0.15) is 0 Å². The van der Waals surface area contributed by atoms with Gasteiger partial charge in [0.2, 0.25) is 0 Å². The van der Waals surface area contributed by atoms with Crippen molar-refractivity contribution in [2.75, 3.05) is 0 Å². The van der Waals surface area contributed by atoms with Crippen LogP contribution in [0.4, 0.5) is 0 Å². The molecule has 21 heavy (non-hydrogen) atoms. The summed E-state index contributed by atoms with van der Waals surface area (Å²) in [6.07, 6.45) is 7.26. The summed E-state index contributed by atoms with van der Waals surface area (Å²) in [5.41, 5.74) is -0.332. The SMILES string of the molecule is CCCC(C1CCC(C)(C)CC1)C(C)(CC)OP(=O)(O)O. The third-order valence-electron chi connectivity index (χ3n) is 5.37. The molecule has 2 atom stereocenters. The zero-order valence-corrected chi connectivity index (χ0v) is 15.2. The van der Waals surface area contributed by atoms with E-state index in [1.807, 2.05) is 13.8 Å². The molecular weight excluding hydrogens is 287 g/mol. The average Bonchev–Trinajstić information content (AvgIpc) is 2.34. The predicted octanol–water partition coefficient (Wildman–Crippen LogP) is 4.90. The largest absolute Gasteiger partial charge is 0.470 e. The Morgan fingerprint density at radius 2 is 1.81 bits per heavy atom. The van der Waals surface area contributed by atoms with Gasteiger partial charge in [-0.1, -0.05) is 34.1 Å². The Kier molecular flexibility index (Phi) is 6.50. The van der Waals surface area contributed by atoms with E-state index in [0.29, 0.717) is 17.8 Å². The summed E-state index contributed by atoms with van der Waals surface area (Å²) in [5.74, 6) is 0.727. The van der Waals surface area contributed by atoms with E-state index < -0.39 is 13.4 Å². The van der Waals surface area contributed by atoms with Crippen LogP contribution >= 0.6 is 7.82 Å². The molecule has 126 valence electrons. The number of hydrogen-bond donors (Lipinski definition) is 2. The van der Waals surface area contributed by atoms with Crippen LogP contribution in [-0.4, -0.2) is 15.4 Å². The van der Waals surface area contributed by atoms with Crippen molar-refractivity contribution in [3.63, 3.8) is 0 Å². The van der Waals surface area contributed by atoms with Crippen LogP contribution in [0.25, 0.3) is 0 Å². The molecule has 0 amide bonds. The van der Waals surface area contributed by atoms with Crippen LogP contribution < -0.4 is 0 Å². The fraction of sp³-hybridized carbons (Fsp3) is 1.00. The molecule has 0 bridgehead atoms. The van der Waals surface area contributed by atoms with E-state index in [-0.39, 0.29) is 5.92 Å². The highest BCUT2D eigenvalue weighted by Crippen LogP contribution is 2.51. The van der Waals surface area contributed by atoms with Crippen molar-refractivity contribution in [1.29, 1.82) is 0 Å². The highest BCUT2D eigenvalue weighted by Gasteiger charge is 2.44. The Labute approximate surface area is 129 Å².